The van der Waals surface area contributed by atoms with Gasteiger partial charge in [-0.05, 0) is 56.3 Å². The van der Waals surface area contributed by atoms with Crippen molar-refractivity contribution in [3.8, 4) is 0 Å². The smallest absolute Gasteiger partial charge is 0.0859 e. The summed E-state index contributed by atoms with van der Waals surface area (Å²) in [6.07, 6.45) is 6.04. The summed E-state index contributed by atoms with van der Waals surface area (Å²) >= 11 is 0. The van der Waals surface area contributed by atoms with Crippen molar-refractivity contribution in [3.63, 3.8) is 0 Å². The van der Waals surface area contributed by atoms with Crippen LogP contribution >= 0.6 is 0 Å². The standard InChI is InChI=1S/C24H32N2O/c1-3-9-22(10-4-1)13-18-25-16-7-8-17-26(23-11-5-2-6-12-23)21-24(14-15-24)27-20-19-25/h1-6,9-12H,7-8,13-21H2. The molecule has 2 aromatic carbocycles. The Morgan fingerprint density at radius 1 is 0.815 bits per heavy atom. The highest BCUT2D eigenvalue weighted by Gasteiger charge is 2.45. The molecule has 1 saturated heterocycles. The maximum Gasteiger partial charge on any atom is 0.0859 e. The van der Waals surface area contributed by atoms with E-state index in [1.807, 2.05) is 0 Å². The second kappa shape index (κ2) is 8.90. The van der Waals surface area contributed by atoms with E-state index in [-0.39, 0.29) is 5.60 Å². The molecule has 1 aliphatic heterocycles. The van der Waals surface area contributed by atoms with Gasteiger partial charge >= 0.3 is 0 Å². The molecule has 2 aromatic rings. The monoisotopic (exact) mass is 364 g/mol. The number of rotatable bonds is 4. The Hall–Kier alpha value is -1.84. The van der Waals surface area contributed by atoms with Crippen molar-refractivity contribution < 1.29 is 4.74 Å². The van der Waals surface area contributed by atoms with Gasteiger partial charge in [0.2, 0.25) is 0 Å². The van der Waals surface area contributed by atoms with Gasteiger partial charge in [0.05, 0.1) is 12.2 Å². The molecule has 0 aromatic heterocycles. The molecule has 1 spiro atoms. The average molecular weight is 365 g/mol. The maximum absolute atomic E-state index is 6.42. The summed E-state index contributed by atoms with van der Waals surface area (Å²) in [4.78, 5) is 5.15. The van der Waals surface area contributed by atoms with Gasteiger partial charge in [-0.1, -0.05) is 48.5 Å². The van der Waals surface area contributed by atoms with Gasteiger partial charge in [-0.15, -0.1) is 0 Å². The first kappa shape index (κ1) is 18.5. The van der Waals surface area contributed by atoms with Crippen LogP contribution in [0.3, 0.4) is 0 Å². The van der Waals surface area contributed by atoms with Crippen molar-refractivity contribution in [2.45, 2.75) is 37.7 Å². The summed E-state index contributed by atoms with van der Waals surface area (Å²) in [6.45, 7) is 6.38. The Kier molecular flexibility index (Phi) is 6.10. The molecule has 0 amide bonds. The van der Waals surface area contributed by atoms with Crippen LogP contribution in [-0.2, 0) is 11.2 Å². The SMILES string of the molecule is c1ccc(CCN2CCCCN(c3ccccc3)CC3(CC3)OCC2)cc1. The Bertz CT molecular complexity index is 684. The van der Waals surface area contributed by atoms with Crippen LogP contribution in [0.1, 0.15) is 31.2 Å². The number of benzene rings is 2. The van der Waals surface area contributed by atoms with Gasteiger partial charge in [0.1, 0.15) is 0 Å². The lowest BCUT2D eigenvalue weighted by molar-refractivity contribution is 0.0249. The minimum atomic E-state index is 0.102. The first-order valence-electron chi connectivity index (χ1n) is 10.5. The predicted molar refractivity (Wildman–Crippen MR) is 112 cm³/mol. The maximum atomic E-state index is 6.42. The fourth-order valence-electron chi connectivity index (χ4n) is 4.07. The zero-order valence-electron chi connectivity index (χ0n) is 16.4. The molecule has 4 rings (SSSR count). The van der Waals surface area contributed by atoms with Crippen molar-refractivity contribution in [1.29, 1.82) is 0 Å². The number of ether oxygens (including phenoxy) is 1. The molecule has 3 nitrogen and oxygen atoms in total. The molecule has 0 radical (unpaired) electrons. The highest BCUT2D eigenvalue weighted by atomic mass is 16.5. The van der Waals surface area contributed by atoms with Crippen LogP contribution in [0.15, 0.2) is 60.7 Å². The van der Waals surface area contributed by atoms with Gasteiger partial charge in [0.25, 0.3) is 0 Å². The molecule has 27 heavy (non-hydrogen) atoms. The van der Waals surface area contributed by atoms with Crippen molar-refractivity contribution in [3.05, 3.63) is 66.2 Å². The fraction of sp³-hybridized carbons (Fsp3) is 0.500. The molecule has 0 unspecified atom stereocenters. The third-order valence-electron chi connectivity index (χ3n) is 5.94. The van der Waals surface area contributed by atoms with E-state index in [9.17, 15) is 0 Å². The Morgan fingerprint density at radius 2 is 1.52 bits per heavy atom. The Labute approximate surface area is 163 Å². The van der Waals surface area contributed by atoms with Crippen LogP contribution in [0, 0.1) is 0 Å². The third-order valence-corrected chi connectivity index (χ3v) is 5.94. The molecule has 0 bridgehead atoms. The van der Waals surface area contributed by atoms with Gasteiger partial charge in [-0.2, -0.15) is 0 Å². The van der Waals surface area contributed by atoms with Crippen LogP contribution in [-0.4, -0.2) is 49.8 Å². The van der Waals surface area contributed by atoms with E-state index in [0.717, 1.165) is 39.2 Å². The van der Waals surface area contributed by atoms with E-state index in [1.165, 1.54) is 43.5 Å². The van der Waals surface area contributed by atoms with Crippen molar-refractivity contribution in [2.75, 3.05) is 44.2 Å². The van der Waals surface area contributed by atoms with Crippen molar-refractivity contribution >= 4 is 5.69 Å². The fourth-order valence-corrected chi connectivity index (χ4v) is 4.07. The molecule has 3 heteroatoms. The second-order valence-electron chi connectivity index (χ2n) is 8.07. The molecule has 144 valence electrons. The largest absolute Gasteiger partial charge is 0.372 e. The Balaban J connectivity index is 1.36. The summed E-state index contributed by atoms with van der Waals surface area (Å²) in [5.74, 6) is 0. The average Bonchev–Trinajstić information content (AvgIpc) is 3.49. The van der Waals surface area contributed by atoms with Gasteiger partial charge in [0.15, 0.2) is 0 Å². The molecule has 0 atom stereocenters. The lowest BCUT2D eigenvalue weighted by Gasteiger charge is -2.29. The normalized spacial score (nSPS) is 21.0. The number of anilines is 1. The van der Waals surface area contributed by atoms with Crippen molar-refractivity contribution in [2.24, 2.45) is 0 Å². The van der Waals surface area contributed by atoms with Gasteiger partial charge in [-0.3, -0.25) is 0 Å². The van der Waals surface area contributed by atoms with E-state index in [4.69, 9.17) is 4.74 Å². The zero-order chi connectivity index (χ0) is 18.4. The zero-order valence-corrected chi connectivity index (χ0v) is 16.4. The van der Waals surface area contributed by atoms with Gasteiger partial charge < -0.3 is 14.5 Å². The van der Waals surface area contributed by atoms with E-state index in [0.29, 0.717) is 0 Å². The lowest BCUT2D eigenvalue weighted by atomic mass is 10.1. The minimum Gasteiger partial charge on any atom is -0.372 e. The van der Waals surface area contributed by atoms with Crippen LogP contribution in [0.2, 0.25) is 0 Å². The number of hydrogen-bond donors (Lipinski definition) is 0. The first-order valence-corrected chi connectivity index (χ1v) is 10.5. The highest BCUT2D eigenvalue weighted by Crippen LogP contribution is 2.41. The molecule has 1 aliphatic carbocycles. The summed E-state index contributed by atoms with van der Waals surface area (Å²) in [7, 11) is 0. The van der Waals surface area contributed by atoms with Crippen LogP contribution < -0.4 is 4.90 Å². The van der Waals surface area contributed by atoms with E-state index in [2.05, 4.69) is 70.5 Å². The van der Waals surface area contributed by atoms with E-state index < -0.39 is 0 Å². The number of hydrogen-bond acceptors (Lipinski definition) is 3. The van der Waals surface area contributed by atoms with E-state index in [1.54, 1.807) is 0 Å². The van der Waals surface area contributed by atoms with E-state index >= 15 is 0 Å². The topological polar surface area (TPSA) is 15.7 Å². The molecule has 1 saturated carbocycles. The molecule has 1 heterocycles. The van der Waals surface area contributed by atoms with Crippen LogP contribution in [0.25, 0.3) is 0 Å². The minimum absolute atomic E-state index is 0.102. The van der Waals surface area contributed by atoms with Crippen LogP contribution in [0.5, 0.6) is 0 Å². The molecule has 0 N–H and O–H groups in total. The number of para-hydroxylation sites is 1. The highest BCUT2D eigenvalue weighted by molar-refractivity contribution is 5.46. The number of nitrogens with zero attached hydrogens (tertiary/aromatic N) is 2. The van der Waals surface area contributed by atoms with Crippen LogP contribution in [0.4, 0.5) is 5.69 Å². The molecule has 2 aliphatic rings. The summed E-state index contributed by atoms with van der Waals surface area (Å²) < 4.78 is 6.42. The summed E-state index contributed by atoms with van der Waals surface area (Å²) in [6, 6.07) is 21.7. The second-order valence-corrected chi connectivity index (χ2v) is 8.07. The van der Waals surface area contributed by atoms with Gasteiger partial charge in [-0.25, -0.2) is 0 Å². The third kappa shape index (κ3) is 5.33. The summed E-state index contributed by atoms with van der Waals surface area (Å²) in [5, 5.41) is 0. The quantitative estimate of drug-likeness (QED) is 0.801. The summed E-state index contributed by atoms with van der Waals surface area (Å²) in [5.41, 5.74) is 2.87. The first-order chi connectivity index (χ1) is 13.3. The van der Waals surface area contributed by atoms with Crippen molar-refractivity contribution in [1.82, 2.24) is 4.90 Å². The molecular formula is C24H32N2O. The molecule has 2 fully saturated rings. The lowest BCUT2D eigenvalue weighted by Crippen LogP contribution is -2.37. The predicted octanol–water partition coefficient (Wildman–Crippen LogP) is 4.38. The Morgan fingerprint density at radius 3 is 2.26 bits per heavy atom. The van der Waals surface area contributed by atoms with Gasteiger partial charge in [0, 0.05) is 31.9 Å². The molecular weight excluding hydrogens is 332 g/mol.